The van der Waals surface area contributed by atoms with Crippen LogP contribution in [0, 0.1) is 5.92 Å². The van der Waals surface area contributed by atoms with Gasteiger partial charge in [0.2, 0.25) is 0 Å². The summed E-state index contributed by atoms with van der Waals surface area (Å²) in [5.74, 6) is -1.62. The van der Waals surface area contributed by atoms with E-state index in [1.807, 2.05) is 24.3 Å². The van der Waals surface area contributed by atoms with E-state index in [1.165, 1.54) is 34.4 Å². The number of hydrogen-bond acceptors (Lipinski definition) is 6. The second-order valence-electron chi connectivity index (χ2n) is 10.2. The molecule has 6 rings (SSSR count). The summed E-state index contributed by atoms with van der Waals surface area (Å²) < 4.78 is 5.78. The van der Waals surface area contributed by atoms with E-state index in [1.54, 1.807) is 17.0 Å². The molecule has 1 fully saturated rings. The third-order valence-electron chi connectivity index (χ3n) is 7.92. The maximum Gasteiger partial charge on any atom is 0.409 e. The van der Waals surface area contributed by atoms with Gasteiger partial charge in [0.15, 0.2) is 0 Å². The molecule has 0 aromatic heterocycles. The number of ether oxygens (including phenoxy) is 1. The van der Waals surface area contributed by atoms with Gasteiger partial charge in [0, 0.05) is 25.4 Å². The zero-order valence-electron chi connectivity index (χ0n) is 21.4. The van der Waals surface area contributed by atoms with Crippen molar-refractivity contribution in [1.82, 2.24) is 9.96 Å². The van der Waals surface area contributed by atoms with Crippen LogP contribution >= 0.6 is 0 Å². The van der Waals surface area contributed by atoms with Gasteiger partial charge < -0.3 is 14.5 Å². The van der Waals surface area contributed by atoms with E-state index in [0.717, 1.165) is 12.8 Å². The van der Waals surface area contributed by atoms with Crippen LogP contribution in [0.25, 0.3) is 11.1 Å². The molecule has 3 aliphatic rings. The Morgan fingerprint density at radius 1 is 0.744 bits per heavy atom. The molecule has 3 aromatic rings. The van der Waals surface area contributed by atoms with Crippen molar-refractivity contribution in [3.8, 4) is 11.1 Å². The fourth-order valence-electron chi connectivity index (χ4n) is 5.81. The molecule has 8 nitrogen and oxygen atoms in total. The molecule has 0 spiro atoms. The summed E-state index contributed by atoms with van der Waals surface area (Å²) in [5, 5.41) is 0.548. The molecule has 1 aliphatic carbocycles. The Balaban J connectivity index is 0.960. The number of hydroxylamine groups is 2. The Bertz CT molecular complexity index is 1380. The van der Waals surface area contributed by atoms with Gasteiger partial charge in [0.05, 0.1) is 11.1 Å². The summed E-state index contributed by atoms with van der Waals surface area (Å²) in [6.07, 6.45) is 1.80. The molecule has 2 heterocycles. The topological polar surface area (TPSA) is 93.2 Å². The van der Waals surface area contributed by atoms with Gasteiger partial charge in [-0.1, -0.05) is 65.7 Å². The summed E-state index contributed by atoms with van der Waals surface area (Å²) in [4.78, 5) is 56.9. The standard InChI is InChI=1S/C31H28N2O6/c34-28(39-33-29(35)25-11-5-6-12-26(25)30(33)36)14-13-20-15-17-32(18-16-20)31(37)38-19-27-23-9-3-1-7-21(23)22-8-2-4-10-24(22)27/h1-12,20,27H,13-19H2. The molecule has 1 saturated heterocycles. The van der Waals surface area contributed by atoms with E-state index in [0.29, 0.717) is 24.6 Å². The van der Waals surface area contributed by atoms with Crippen molar-refractivity contribution in [3.63, 3.8) is 0 Å². The molecule has 39 heavy (non-hydrogen) atoms. The number of carbonyl (C=O) groups excluding carboxylic acids is 4. The first-order valence-corrected chi connectivity index (χ1v) is 13.3. The lowest BCUT2D eigenvalue weighted by Gasteiger charge is -2.31. The molecule has 0 saturated carbocycles. The van der Waals surface area contributed by atoms with Crippen molar-refractivity contribution < 1.29 is 28.8 Å². The number of hydrogen-bond donors (Lipinski definition) is 0. The number of fused-ring (bicyclic) bond motifs is 4. The first-order chi connectivity index (χ1) is 19.0. The number of carbonyl (C=O) groups is 4. The average Bonchev–Trinajstić information content (AvgIpc) is 3.42. The molecule has 198 valence electrons. The van der Waals surface area contributed by atoms with E-state index in [9.17, 15) is 19.2 Å². The van der Waals surface area contributed by atoms with Crippen LogP contribution in [-0.4, -0.2) is 53.5 Å². The van der Waals surface area contributed by atoms with Crippen LogP contribution in [-0.2, 0) is 14.4 Å². The lowest BCUT2D eigenvalue weighted by atomic mass is 9.92. The van der Waals surface area contributed by atoms with Gasteiger partial charge in [0.25, 0.3) is 11.8 Å². The van der Waals surface area contributed by atoms with Crippen LogP contribution in [0.1, 0.15) is 63.4 Å². The third kappa shape index (κ3) is 4.67. The highest BCUT2D eigenvalue weighted by Gasteiger charge is 2.38. The second kappa shape index (κ2) is 10.4. The van der Waals surface area contributed by atoms with Crippen LogP contribution in [0.2, 0.25) is 0 Å². The molecule has 0 bridgehead atoms. The Hall–Kier alpha value is -4.46. The number of imide groups is 1. The molecule has 0 radical (unpaired) electrons. The van der Waals surface area contributed by atoms with Gasteiger partial charge in [-0.15, -0.1) is 0 Å². The molecule has 0 N–H and O–H groups in total. The number of benzene rings is 3. The number of amides is 3. The van der Waals surface area contributed by atoms with E-state index in [-0.39, 0.29) is 42.1 Å². The predicted molar refractivity (Wildman–Crippen MR) is 142 cm³/mol. The minimum atomic E-state index is -0.625. The smallest absolute Gasteiger partial charge is 0.409 e. The molecule has 0 unspecified atom stereocenters. The quantitative estimate of drug-likeness (QED) is 0.413. The van der Waals surface area contributed by atoms with E-state index < -0.39 is 17.8 Å². The first-order valence-electron chi connectivity index (χ1n) is 13.3. The van der Waals surface area contributed by atoms with Crippen LogP contribution in [0.3, 0.4) is 0 Å². The van der Waals surface area contributed by atoms with Gasteiger partial charge in [-0.25, -0.2) is 9.59 Å². The van der Waals surface area contributed by atoms with E-state index in [2.05, 4.69) is 24.3 Å². The SMILES string of the molecule is O=C(CCC1CCN(C(=O)OCC2c3ccccc3-c3ccccc32)CC1)ON1C(=O)c2ccccc2C1=O. The summed E-state index contributed by atoms with van der Waals surface area (Å²) in [6.45, 7) is 1.39. The van der Waals surface area contributed by atoms with Crippen molar-refractivity contribution in [2.24, 2.45) is 5.92 Å². The third-order valence-corrected chi connectivity index (χ3v) is 7.92. The molecule has 8 heteroatoms. The zero-order valence-corrected chi connectivity index (χ0v) is 21.4. The van der Waals surface area contributed by atoms with Gasteiger partial charge in [-0.3, -0.25) is 9.59 Å². The Morgan fingerprint density at radius 2 is 1.26 bits per heavy atom. The number of likely N-dealkylation sites (tertiary alicyclic amines) is 1. The highest BCUT2D eigenvalue weighted by atomic mass is 16.7. The highest BCUT2D eigenvalue weighted by Crippen LogP contribution is 2.44. The van der Waals surface area contributed by atoms with Gasteiger partial charge in [-0.05, 0) is 59.6 Å². The summed E-state index contributed by atoms with van der Waals surface area (Å²) in [6, 6.07) is 22.9. The average molecular weight is 525 g/mol. The van der Waals surface area contributed by atoms with Crippen molar-refractivity contribution in [2.45, 2.75) is 31.6 Å². The van der Waals surface area contributed by atoms with Crippen molar-refractivity contribution in [3.05, 3.63) is 95.1 Å². The second-order valence-corrected chi connectivity index (χ2v) is 10.2. The van der Waals surface area contributed by atoms with Crippen molar-refractivity contribution >= 4 is 23.9 Å². The van der Waals surface area contributed by atoms with Gasteiger partial charge in [0.1, 0.15) is 6.61 Å². The first kappa shape index (κ1) is 24.9. The molecular weight excluding hydrogens is 496 g/mol. The summed E-state index contributed by atoms with van der Waals surface area (Å²) in [5.41, 5.74) is 5.21. The Morgan fingerprint density at radius 3 is 1.82 bits per heavy atom. The van der Waals surface area contributed by atoms with Crippen LogP contribution in [0.4, 0.5) is 4.79 Å². The molecule has 0 atom stereocenters. The lowest BCUT2D eigenvalue weighted by molar-refractivity contribution is -0.168. The maximum atomic E-state index is 12.9. The lowest BCUT2D eigenvalue weighted by Crippen LogP contribution is -2.39. The monoisotopic (exact) mass is 524 g/mol. The fourth-order valence-corrected chi connectivity index (χ4v) is 5.81. The predicted octanol–water partition coefficient (Wildman–Crippen LogP) is 5.18. The molecule has 3 aromatic carbocycles. The summed E-state index contributed by atoms with van der Waals surface area (Å²) in [7, 11) is 0. The van der Waals surface area contributed by atoms with E-state index >= 15 is 0 Å². The minimum Gasteiger partial charge on any atom is -0.448 e. The Kier molecular flexibility index (Phi) is 6.60. The number of rotatable bonds is 6. The van der Waals surface area contributed by atoms with Crippen LogP contribution < -0.4 is 0 Å². The van der Waals surface area contributed by atoms with Crippen LogP contribution in [0.15, 0.2) is 72.8 Å². The van der Waals surface area contributed by atoms with Gasteiger partial charge >= 0.3 is 12.1 Å². The van der Waals surface area contributed by atoms with E-state index in [4.69, 9.17) is 9.57 Å². The zero-order chi connectivity index (χ0) is 26.9. The molecule has 3 amide bonds. The van der Waals surface area contributed by atoms with Crippen molar-refractivity contribution in [1.29, 1.82) is 0 Å². The largest absolute Gasteiger partial charge is 0.448 e. The normalized spacial score (nSPS) is 16.6. The number of nitrogens with zero attached hydrogens (tertiary/aromatic N) is 2. The van der Waals surface area contributed by atoms with Crippen LogP contribution in [0.5, 0.6) is 0 Å². The minimum absolute atomic E-state index is 0.0204. The molecular formula is C31H28N2O6. The summed E-state index contributed by atoms with van der Waals surface area (Å²) >= 11 is 0. The number of piperidine rings is 1. The van der Waals surface area contributed by atoms with Crippen molar-refractivity contribution in [2.75, 3.05) is 19.7 Å². The maximum absolute atomic E-state index is 12.9. The highest BCUT2D eigenvalue weighted by molar-refractivity contribution is 6.20. The molecule has 2 aliphatic heterocycles. The fraction of sp³-hybridized carbons (Fsp3) is 0.290. The Labute approximate surface area is 226 Å². The van der Waals surface area contributed by atoms with Gasteiger partial charge in [-0.2, -0.15) is 0 Å².